The second-order valence-electron chi connectivity index (χ2n) is 5.84. The normalized spacial score (nSPS) is 16.3. The number of rotatable bonds is 6. The number of nitrogens with zero attached hydrogens (tertiary/aromatic N) is 1. The molecule has 1 fully saturated rings. The third-order valence-corrected chi connectivity index (χ3v) is 4.21. The first-order chi connectivity index (χ1) is 12.5. The van der Waals surface area contributed by atoms with Crippen LogP contribution in [0.3, 0.4) is 0 Å². The minimum absolute atomic E-state index is 0.0453. The van der Waals surface area contributed by atoms with E-state index in [2.05, 4.69) is 5.32 Å². The van der Waals surface area contributed by atoms with E-state index in [9.17, 15) is 14.9 Å². The highest BCUT2D eigenvalue weighted by Gasteiger charge is 2.18. The van der Waals surface area contributed by atoms with Gasteiger partial charge in [0.2, 0.25) is 0 Å². The minimum atomic E-state index is -0.518. The Kier molecular flexibility index (Phi) is 5.70. The summed E-state index contributed by atoms with van der Waals surface area (Å²) in [6, 6.07) is 10.3. The van der Waals surface area contributed by atoms with Crippen LogP contribution in [-0.2, 0) is 4.74 Å². The molecular formula is C18H17ClN2O5. The van der Waals surface area contributed by atoms with Crippen molar-refractivity contribution in [3.8, 4) is 5.75 Å². The van der Waals surface area contributed by atoms with E-state index >= 15 is 0 Å². The van der Waals surface area contributed by atoms with Crippen LogP contribution in [-0.4, -0.2) is 30.1 Å². The first-order valence-corrected chi connectivity index (χ1v) is 8.50. The minimum Gasteiger partial charge on any atom is -0.489 e. The van der Waals surface area contributed by atoms with Crippen molar-refractivity contribution in [1.29, 1.82) is 0 Å². The van der Waals surface area contributed by atoms with Crippen LogP contribution in [0.2, 0.25) is 5.02 Å². The van der Waals surface area contributed by atoms with Gasteiger partial charge in [-0.2, -0.15) is 0 Å². The number of nitro benzene ring substituents is 1. The molecule has 7 nitrogen and oxygen atoms in total. The van der Waals surface area contributed by atoms with E-state index < -0.39 is 10.8 Å². The van der Waals surface area contributed by atoms with Gasteiger partial charge in [-0.3, -0.25) is 14.9 Å². The Balaban J connectivity index is 1.71. The number of carbonyl (C=O) groups is 1. The van der Waals surface area contributed by atoms with Gasteiger partial charge in [0, 0.05) is 29.3 Å². The lowest BCUT2D eigenvalue weighted by atomic mass is 10.2. The van der Waals surface area contributed by atoms with Crippen LogP contribution in [0.4, 0.5) is 11.4 Å². The maximum atomic E-state index is 12.4. The smallest absolute Gasteiger partial charge is 0.269 e. The number of halogens is 1. The highest BCUT2D eigenvalue weighted by atomic mass is 35.5. The number of anilines is 1. The predicted octanol–water partition coefficient (Wildman–Crippen LogP) is 4.06. The zero-order valence-electron chi connectivity index (χ0n) is 13.8. The summed E-state index contributed by atoms with van der Waals surface area (Å²) in [5, 5.41) is 13.9. The maximum Gasteiger partial charge on any atom is 0.269 e. The Morgan fingerprint density at radius 3 is 2.73 bits per heavy atom. The van der Waals surface area contributed by atoms with Crippen molar-refractivity contribution >= 4 is 28.9 Å². The fourth-order valence-electron chi connectivity index (χ4n) is 2.61. The Morgan fingerprint density at radius 1 is 1.31 bits per heavy atom. The molecule has 0 spiro atoms. The van der Waals surface area contributed by atoms with Gasteiger partial charge >= 0.3 is 0 Å². The van der Waals surface area contributed by atoms with Gasteiger partial charge in [-0.1, -0.05) is 11.6 Å². The molecule has 0 aromatic heterocycles. The Hall–Kier alpha value is -2.64. The molecule has 1 aliphatic heterocycles. The summed E-state index contributed by atoms with van der Waals surface area (Å²) < 4.78 is 11.3. The number of nitro groups is 1. The standard InChI is InChI=1S/C18H17ClN2O5/c19-13-5-8-17(26-11-15-2-1-9-25-15)16(10-13)20-18(22)12-3-6-14(7-4-12)21(23)24/h3-8,10,15H,1-2,9,11H2,(H,20,22). The second kappa shape index (κ2) is 8.16. The van der Waals surface area contributed by atoms with Crippen LogP contribution in [0, 0.1) is 10.1 Å². The monoisotopic (exact) mass is 376 g/mol. The number of non-ortho nitro benzene ring substituents is 1. The summed E-state index contributed by atoms with van der Waals surface area (Å²) in [5.74, 6) is 0.0734. The molecule has 0 saturated carbocycles. The summed E-state index contributed by atoms with van der Waals surface area (Å²) in [6.07, 6.45) is 2.00. The summed E-state index contributed by atoms with van der Waals surface area (Å²) in [5.41, 5.74) is 0.643. The highest BCUT2D eigenvalue weighted by Crippen LogP contribution is 2.29. The van der Waals surface area contributed by atoms with Crippen molar-refractivity contribution in [1.82, 2.24) is 0 Å². The highest BCUT2D eigenvalue weighted by molar-refractivity contribution is 6.31. The Bertz CT molecular complexity index is 804. The summed E-state index contributed by atoms with van der Waals surface area (Å²) in [7, 11) is 0. The van der Waals surface area contributed by atoms with Gasteiger partial charge in [0.05, 0.1) is 16.7 Å². The number of hydrogen-bond acceptors (Lipinski definition) is 5. The molecule has 2 aromatic carbocycles. The van der Waals surface area contributed by atoms with Crippen molar-refractivity contribution in [3.63, 3.8) is 0 Å². The van der Waals surface area contributed by atoms with Crippen LogP contribution < -0.4 is 10.1 Å². The maximum absolute atomic E-state index is 12.4. The van der Waals surface area contributed by atoms with E-state index in [1.165, 1.54) is 24.3 Å². The summed E-state index contributed by atoms with van der Waals surface area (Å²) in [4.78, 5) is 22.6. The van der Waals surface area contributed by atoms with E-state index in [-0.39, 0.29) is 11.8 Å². The molecule has 26 heavy (non-hydrogen) atoms. The van der Waals surface area contributed by atoms with Gasteiger partial charge in [-0.05, 0) is 43.2 Å². The van der Waals surface area contributed by atoms with Gasteiger partial charge in [-0.25, -0.2) is 0 Å². The number of amides is 1. The summed E-state index contributed by atoms with van der Waals surface area (Å²) in [6.45, 7) is 1.13. The number of benzene rings is 2. The zero-order valence-corrected chi connectivity index (χ0v) is 14.6. The van der Waals surface area contributed by atoms with Gasteiger partial charge in [0.25, 0.3) is 11.6 Å². The van der Waals surface area contributed by atoms with Crippen LogP contribution in [0.1, 0.15) is 23.2 Å². The van der Waals surface area contributed by atoms with Gasteiger partial charge in [0.1, 0.15) is 12.4 Å². The van der Waals surface area contributed by atoms with Crippen molar-refractivity contribution in [2.45, 2.75) is 18.9 Å². The summed E-state index contributed by atoms with van der Waals surface area (Å²) >= 11 is 6.02. The molecule has 0 bridgehead atoms. The average molecular weight is 377 g/mol. The average Bonchev–Trinajstić information content (AvgIpc) is 3.14. The van der Waals surface area contributed by atoms with Crippen LogP contribution >= 0.6 is 11.6 Å². The quantitative estimate of drug-likeness (QED) is 0.606. The third kappa shape index (κ3) is 4.50. The van der Waals surface area contributed by atoms with Crippen molar-refractivity contribution in [2.75, 3.05) is 18.5 Å². The van der Waals surface area contributed by atoms with Crippen molar-refractivity contribution < 1.29 is 19.2 Å². The van der Waals surface area contributed by atoms with E-state index in [0.29, 0.717) is 28.6 Å². The molecule has 3 rings (SSSR count). The predicted molar refractivity (Wildman–Crippen MR) is 97.0 cm³/mol. The zero-order chi connectivity index (χ0) is 18.5. The number of hydrogen-bond donors (Lipinski definition) is 1. The lowest BCUT2D eigenvalue weighted by Gasteiger charge is -2.15. The molecule has 1 atom stereocenters. The van der Waals surface area contributed by atoms with E-state index in [1.54, 1.807) is 18.2 Å². The Morgan fingerprint density at radius 2 is 2.08 bits per heavy atom. The van der Waals surface area contributed by atoms with Gasteiger partial charge in [-0.15, -0.1) is 0 Å². The molecule has 0 aliphatic carbocycles. The number of nitrogens with one attached hydrogen (secondary N) is 1. The van der Waals surface area contributed by atoms with Crippen LogP contribution in [0.15, 0.2) is 42.5 Å². The van der Waals surface area contributed by atoms with Gasteiger partial charge in [0.15, 0.2) is 0 Å². The molecule has 1 saturated heterocycles. The first-order valence-electron chi connectivity index (χ1n) is 8.12. The molecule has 1 N–H and O–H groups in total. The molecule has 136 valence electrons. The largest absolute Gasteiger partial charge is 0.489 e. The fourth-order valence-corrected chi connectivity index (χ4v) is 2.79. The van der Waals surface area contributed by atoms with Crippen LogP contribution in [0.25, 0.3) is 0 Å². The second-order valence-corrected chi connectivity index (χ2v) is 6.28. The van der Waals surface area contributed by atoms with Crippen molar-refractivity contribution in [2.24, 2.45) is 0 Å². The molecule has 8 heteroatoms. The van der Waals surface area contributed by atoms with E-state index in [0.717, 1.165) is 19.4 Å². The molecule has 2 aromatic rings. The van der Waals surface area contributed by atoms with Crippen LogP contribution in [0.5, 0.6) is 5.75 Å². The molecular weight excluding hydrogens is 360 g/mol. The molecule has 1 unspecified atom stereocenters. The van der Waals surface area contributed by atoms with E-state index in [1.807, 2.05) is 0 Å². The van der Waals surface area contributed by atoms with Crippen molar-refractivity contribution in [3.05, 3.63) is 63.2 Å². The lowest BCUT2D eigenvalue weighted by molar-refractivity contribution is -0.384. The lowest BCUT2D eigenvalue weighted by Crippen LogP contribution is -2.18. The first kappa shape index (κ1) is 18.2. The van der Waals surface area contributed by atoms with Gasteiger partial charge < -0.3 is 14.8 Å². The third-order valence-electron chi connectivity index (χ3n) is 3.98. The SMILES string of the molecule is O=C(Nc1cc(Cl)ccc1OCC1CCCO1)c1ccc([N+](=O)[O-])cc1. The molecule has 1 amide bonds. The molecule has 1 aliphatic rings. The fraction of sp³-hybridized carbons (Fsp3) is 0.278. The Labute approximate surface area is 155 Å². The molecule has 1 heterocycles. The van der Waals surface area contributed by atoms with E-state index in [4.69, 9.17) is 21.1 Å². The topological polar surface area (TPSA) is 90.7 Å². The number of ether oxygens (including phenoxy) is 2. The molecule has 0 radical (unpaired) electrons. The number of carbonyl (C=O) groups excluding carboxylic acids is 1.